The van der Waals surface area contributed by atoms with E-state index in [-0.39, 0.29) is 5.76 Å². The van der Waals surface area contributed by atoms with Crippen LogP contribution in [0, 0.1) is 5.41 Å². The average Bonchev–Trinajstić information content (AvgIpc) is 3.28. The Morgan fingerprint density at radius 3 is 2.61 bits per heavy atom. The molecule has 142 valence electrons. The highest BCUT2D eigenvalue weighted by atomic mass is 35.5. The lowest BCUT2D eigenvalue weighted by Crippen LogP contribution is -2.28. The first-order valence-corrected chi connectivity index (χ1v) is 10.4. The highest BCUT2D eigenvalue weighted by Gasteiger charge is 2.29. The molecule has 0 saturated heterocycles. The van der Waals surface area contributed by atoms with Crippen molar-refractivity contribution in [3.63, 3.8) is 0 Å². The third-order valence-corrected chi connectivity index (χ3v) is 5.89. The molecule has 2 heterocycles. The van der Waals surface area contributed by atoms with Crippen LogP contribution in [0.3, 0.4) is 0 Å². The Morgan fingerprint density at radius 1 is 1.11 bits per heavy atom. The zero-order valence-electron chi connectivity index (χ0n) is 15.2. The number of aliphatic hydroxyl groups is 1. The van der Waals surface area contributed by atoms with Crippen LogP contribution in [0.5, 0.6) is 0 Å². The number of nitrogens with one attached hydrogen (secondary N) is 1. The summed E-state index contributed by atoms with van der Waals surface area (Å²) in [6.45, 7) is 1.11. The van der Waals surface area contributed by atoms with Gasteiger partial charge < -0.3 is 10.0 Å². The van der Waals surface area contributed by atoms with Gasteiger partial charge in [-0.3, -0.25) is 5.41 Å². The number of aliphatic hydroxyl groups excluding tert-OH is 1. The third kappa shape index (κ3) is 3.96. The van der Waals surface area contributed by atoms with E-state index in [0.717, 1.165) is 30.6 Å². The van der Waals surface area contributed by atoms with Crippen molar-refractivity contribution >= 4 is 34.3 Å². The fraction of sp³-hybridized carbons (Fsp3) is 0.182. The van der Waals surface area contributed by atoms with Gasteiger partial charge in [-0.1, -0.05) is 54.1 Å². The van der Waals surface area contributed by atoms with Crippen molar-refractivity contribution in [1.82, 2.24) is 9.88 Å². The molecule has 0 saturated carbocycles. The number of thiazole rings is 1. The summed E-state index contributed by atoms with van der Waals surface area (Å²) in [4.78, 5) is 6.56. The van der Waals surface area contributed by atoms with Crippen molar-refractivity contribution < 1.29 is 5.11 Å². The van der Waals surface area contributed by atoms with Gasteiger partial charge >= 0.3 is 0 Å². The van der Waals surface area contributed by atoms with E-state index in [0.29, 0.717) is 28.0 Å². The molecule has 0 atom stereocenters. The Bertz CT molecular complexity index is 1010. The van der Waals surface area contributed by atoms with Gasteiger partial charge in [0.15, 0.2) is 0 Å². The molecule has 6 heteroatoms. The second-order valence-corrected chi connectivity index (χ2v) is 8.02. The number of aryl methyl sites for hydroxylation is 1. The first-order chi connectivity index (χ1) is 13.6. The smallest absolute Gasteiger partial charge is 0.135 e. The molecule has 0 amide bonds. The molecule has 3 aromatic rings. The van der Waals surface area contributed by atoms with Crippen LogP contribution in [0.4, 0.5) is 0 Å². The van der Waals surface area contributed by atoms with Crippen LogP contribution in [-0.4, -0.2) is 33.9 Å². The van der Waals surface area contributed by atoms with Crippen LogP contribution in [0.25, 0.3) is 16.8 Å². The molecule has 1 aliphatic rings. The monoisotopic (exact) mass is 409 g/mol. The summed E-state index contributed by atoms with van der Waals surface area (Å²) in [5.74, 6) is 0.573. The van der Waals surface area contributed by atoms with Crippen LogP contribution >= 0.6 is 22.9 Å². The van der Waals surface area contributed by atoms with Crippen LogP contribution in [0.15, 0.2) is 65.7 Å². The van der Waals surface area contributed by atoms with Gasteiger partial charge in [-0.25, -0.2) is 4.98 Å². The molecule has 0 radical (unpaired) electrons. The van der Waals surface area contributed by atoms with Crippen molar-refractivity contribution in [1.29, 1.82) is 5.41 Å². The lowest BCUT2D eigenvalue weighted by molar-refractivity contribution is 0.347. The standard InChI is InChI=1S/C22H20ClN3OS/c23-17-10-8-16(9-11-17)18-14-28-22(25-18)20-19(27)13-26(21(20)24)12-4-7-15-5-2-1-3-6-15/h1-3,5-6,8-11,14,24,27H,4,7,12-13H2. The molecule has 4 nitrogen and oxygen atoms in total. The molecule has 2 aromatic carbocycles. The van der Waals surface area contributed by atoms with Gasteiger partial charge in [0.25, 0.3) is 0 Å². The summed E-state index contributed by atoms with van der Waals surface area (Å²) < 4.78 is 0. The minimum atomic E-state index is 0.224. The van der Waals surface area contributed by atoms with Crippen molar-refractivity contribution in [3.05, 3.63) is 81.3 Å². The first kappa shape index (κ1) is 18.7. The van der Waals surface area contributed by atoms with E-state index >= 15 is 0 Å². The largest absolute Gasteiger partial charge is 0.510 e. The van der Waals surface area contributed by atoms with Gasteiger partial charge in [-0.15, -0.1) is 11.3 Å². The molecular weight excluding hydrogens is 390 g/mol. The maximum atomic E-state index is 10.5. The van der Waals surface area contributed by atoms with E-state index in [4.69, 9.17) is 17.0 Å². The fourth-order valence-electron chi connectivity index (χ4n) is 3.31. The molecule has 0 bridgehead atoms. The highest BCUT2D eigenvalue weighted by Crippen LogP contribution is 2.32. The van der Waals surface area contributed by atoms with Gasteiger partial charge in [-0.2, -0.15) is 0 Å². The molecule has 1 aliphatic heterocycles. The number of rotatable bonds is 6. The number of hydrogen-bond acceptors (Lipinski definition) is 4. The Morgan fingerprint density at radius 2 is 1.86 bits per heavy atom. The number of halogens is 1. The predicted molar refractivity (Wildman–Crippen MR) is 116 cm³/mol. The Hall–Kier alpha value is -2.63. The third-order valence-electron chi connectivity index (χ3n) is 4.78. The fourth-order valence-corrected chi connectivity index (χ4v) is 4.33. The van der Waals surface area contributed by atoms with E-state index in [1.807, 2.05) is 52.7 Å². The number of benzene rings is 2. The van der Waals surface area contributed by atoms with E-state index in [1.165, 1.54) is 16.9 Å². The summed E-state index contributed by atoms with van der Waals surface area (Å²) in [6, 6.07) is 17.8. The van der Waals surface area contributed by atoms with Crippen molar-refractivity contribution in [2.75, 3.05) is 13.1 Å². The normalized spacial score (nSPS) is 14.2. The van der Waals surface area contributed by atoms with Crippen LogP contribution in [0.1, 0.15) is 17.0 Å². The van der Waals surface area contributed by atoms with Gasteiger partial charge in [-0.05, 0) is 30.5 Å². The van der Waals surface area contributed by atoms with Gasteiger partial charge in [0.1, 0.15) is 16.6 Å². The molecule has 4 rings (SSSR count). The highest BCUT2D eigenvalue weighted by molar-refractivity contribution is 7.11. The summed E-state index contributed by atoms with van der Waals surface area (Å²) in [6.07, 6.45) is 1.89. The molecule has 0 aliphatic carbocycles. The Kier molecular flexibility index (Phi) is 5.46. The quantitative estimate of drug-likeness (QED) is 0.552. The lowest BCUT2D eigenvalue weighted by Gasteiger charge is -2.18. The minimum Gasteiger partial charge on any atom is -0.510 e. The summed E-state index contributed by atoms with van der Waals surface area (Å²) in [5.41, 5.74) is 3.63. The van der Waals surface area contributed by atoms with E-state index in [1.54, 1.807) is 0 Å². The zero-order valence-corrected chi connectivity index (χ0v) is 16.8. The number of amidine groups is 1. The number of nitrogens with zero attached hydrogens (tertiary/aromatic N) is 2. The van der Waals surface area contributed by atoms with E-state index in [9.17, 15) is 5.11 Å². The maximum Gasteiger partial charge on any atom is 0.135 e. The Labute approximate surface area is 173 Å². The van der Waals surface area contributed by atoms with Gasteiger partial charge in [0.2, 0.25) is 0 Å². The second kappa shape index (κ2) is 8.17. The van der Waals surface area contributed by atoms with Crippen molar-refractivity contribution in [3.8, 4) is 11.3 Å². The van der Waals surface area contributed by atoms with Crippen LogP contribution in [-0.2, 0) is 6.42 Å². The zero-order chi connectivity index (χ0) is 19.5. The lowest BCUT2D eigenvalue weighted by atomic mass is 10.1. The SMILES string of the molecule is N=C1C(c2nc(-c3ccc(Cl)cc3)cs2)=C(O)CN1CCCc1ccccc1. The van der Waals surface area contributed by atoms with Gasteiger partial charge in [0, 0.05) is 22.5 Å². The maximum absolute atomic E-state index is 10.5. The molecule has 0 spiro atoms. The van der Waals surface area contributed by atoms with Crippen LogP contribution < -0.4 is 0 Å². The molecule has 28 heavy (non-hydrogen) atoms. The van der Waals surface area contributed by atoms with Crippen molar-refractivity contribution in [2.24, 2.45) is 0 Å². The minimum absolute atomic E-state index is 0.224. The number of hydrogen-bond donors (Lipinski definition) is 2. The molecular formula is C22H20ClN3OS. The predicted octanol–water partition coefficient (Wildman–Crippen LogP) is 5.66. The molecule has 0 fully saturated rings. The topological polar surface area (TPSA) is 60.2 Å². The molecule has 0 unspecified atom stereocenters. The van der Waals surface area contributed by atoms with E-state index in [2.05, 4.69) is 17.1 Å². The summed E-state index contributed by atoms with van der Waals surface area (Å²) in [5, 5.41) is 22.3. The Balaban J connectivity index is 1.43. The summed E-state index contributed by atoms with van der Waals surface area (Å²) >= 11 is 7.40. The molecule has 2 N–H and O–H groups in total. The average molecular weight is 410 g/mol. The van der Waals surface area contributed by atoms with Crippen molar-refractivity contribution in [2.45, 2.75) is 12.8 Å². The first-order valence-electron chi connectivity index (χ1n) is 9.13. The van der Waals surface area contributed by atoms with Gasteiger partial charge in [0.05, 0.1) is 17.8 Å². The molecule has 1 aromatic heterocycles. The van der Waals surface area contributed by atoms with Crippen LogP contribution in [0.2, 0.25) is 5.02 Å². The second-order valence-electron chi connectivity index (χ2n) is 6.73. The summed E-state index contributed by atoms with van der Waals surface area (Å²) in [7, 11) is 0. The number of aromatic nitrogens is 1. The van der Waals surface area contributed by atoms with E-state index < -0.39 is 0 Å².